The maximum Gasteiger partial charge on any atom is 0.257 e. The number of rotatable bonds is 4. The van der Waals surface area contributed by atoms with E-state index in [9.17, 15) is 14.0 Å². The largest absolute Gasteiger partial charge is 0.467 e. The number of nitrogens with two attached hydrogens (primary N) is 1. The van der Waals surface area contributed by atoms with Gasteiger partial charge < -0.3 is 20.4 Å². The topological polar surface area (TPSA) is 88.6 Å². The molecular formula is C18H20Cl2FN3O3. The fraction of sp³-hybridized carbons (Fsp3) is 0.333. The van der Waals surface area contributed by atoms with Crippen LogP contribution in [0.15, 0.2) is 34.9 Å². The van der Waals surface area contributed by atoms with Crippen molar-refractivity contribution in [2.24, 2.45) is 11.7 Å². The molecule has 2 heterocycles. The second kappa shape index (κ2) is 9.21. The minimum Gasteiger partial charge on any atom is -0.467 e. The van der Waals surface area contributed by atoms with Crippen LogP contribution in [0.1, 0.15) is 29.0 Å². The number of halogens is 3. The summed E-state index contributed by atoms with van der Waals surface area (Å²) in [4.78, 5) is 26.5. The highest BCUT2D eigenvalue weighted by atomic mass is 35.5. The predicted octanol–water partition coefficient (Wildman–Crippen LogP) is 3.44. The summed E-state index contributed by atoms with van der Waals surface area (Å²) in [5, 5.41) is 2.70. The minimum atomic E-state index is -0.534. The minimum absolute atomic E-state index is 0. The van der Waals surface area contributed by atoms with Crippen LogP contribution >= 0.6 is 24.0 Å². The van der Waals surface area contributed by atoms with E-state index in [1.165, 1.54) is 24.5 Å². The molecule has 2 aromatic rings. The Morgan fingerprint density at radius 1 is 1.30 bits per heavy atom. The normalized spacial score (nSPS) is 14.6. The molecule has 1 aromatic heterocycles. The third-order valence-electron chi connectivity index (χ3n) is 4.44. The fourth-order valence-corrected chi connectivity index (χ4v) is 3.13. The number of nitrogens with one attached hydrogen (secondary N) is 1. The van der Waals surface area contributed by atoms with E-state index in [4.69, 9.17) is 21.8 Å². The van der Waals surface area contributed by atoms with Crippen molar-refractivity contribution in [3.05, 3.63) is 52.7 Å². The maximum atomic E-state index is 13.2. The molecule has 0 unspecified atom stereocenters. The molecule has 0 saturated carbocycles. The molecule has 0 bridgehead atoms. The van der Waals surface area contributed by atoms with Gasteiger partial charge in [-0.1, -0.05) is 11.6 Å². The second-order valence-electron chi connectivity index (χ2n) is 6.19. The molecule has 0 spiro atoms. The summed E-state index contributed by atoms with van der Waals surface area (Å²) in [6.45, 7) is 1.19. The van der Waals surface area contributed by atoms with Gasteiger partial charge in [-0.3, -0.25) is 9.59 Å². The second-order valence-corrected chi connectivity index (χ2v) is 6.60. The van der Waals surface area contributed by atoms with E-state index in [1.807, 2.05) is 0 Å². The van der Waals surface area contributed by atoms with E-state index >= 15 is 0 Å². The molecular weight excluding hydrogens is 396 g/mol. The molecule has 27 heavy (non-hydrogen) atoms. The van der Waals surface area contributed by atoms with E-state index < -0.39 is 5.82 Å². The van der Waals surface area contributed by atoms with Crippen LogP contribution in [0.2, 0.25) is 5.02 Å². The number of piperidine rings is 1. The first-order valence-corrected chi connectivity index (χ1v) is 8.68. The number of hydrogen-bond donors (Lipinski definition) is 2. The zero-order valence-electron chi connectivity index (χ0n) is 14.4. The summed E-state index contributed by atoms with van der Waals surface area (Å²) in [6.07, 6.45) is 2.50. The molecule has 2 amide bonds. The first kappa shape index (κ1) is 21.2. The van der Waals surface area contributed by atoms with E-state index in [2.05, 4.69) is 5.32 Å². The predicted molar refractivity (Wildman–Crippen MR) is 103 cm³/mol. The number of amides is 2. The Balaban J connectivity index is 0.00000261. The number of furan rings is 1. The van der Waals surface area contributed by atoms with Gasteiger partial charge in [0.15, 0.2) is 0 Å². The Morgan fingerprint density at radius 3 is 2.59 bits per heavy atom. The maximum absolute atomic E-state index is 13.2. The van der Waals surface area contributed by atoms with Gasteiger partial charge in [-0.05, 0) is 37.1 Å². The van der Waals surface area contributed by atoms with Crippen LogP contribution in [0.25, 0.3) is 0 Å². The zero-order valence-corrected chi connectivity index (χ0v) is 16.0. The van der Waals surface area contributed by atoms with Gasteiger partial charge in [0.1, 0.15) is 17.8 Å². The van der Waals surface area contributed by atoms with E-state index in [-0.39, 0.29) is 41.7 Å². The summed E-state index contributed by atoms with van der Waals surface area (Å²) >= 11 is 5.72. The Kier molecular flexibility index (Phi) is 7.24. The van der Waals surface area contributed by atoms with Crippen molar-refractivity contribution < 1.29 is 18.4 Å². The van der Waals surface area contributed by atoms with E-state index in [0.29, 0.717) is 42.9 Å². The van der Waals surface area contributed by atoms with Crippen molar-refractivity contribution in [3.63, 3.8) is 0 Å². The Labute approximate surface area is 167 Å². The van der Waals surface area contributed by atoms with Crippen LogP contribution in [0, 0.1) is 11.7 Å². The van der Waals surface area contributed by atoms with Crippen molar-refractivity contribution in [2.75, 3.05) is 18.4 Å². The van der Waals surface area contributed by atoms with E-state index in [1.54, 1.807) is 11.0 Å². The lowest BCUT2D eigenvalue weighted by Crippen LogP contribution is -2.41. The number of hydrogen-bond acceptors (Lipinski definition) is 4. The number of carbonyl (C=O) groups excluding carboxylic acids is 2. The molecule has 3 N–H and O–H groups in total. The number of nitrogens with zero attached hydrogens (tertiary/aromatic N) is 1. The van der Waals surface area contributed by atoms with Crippen LogP contribution in [-0.4, -0.2) is 29.8 Å². The molecule has 1 fully saturated rings. The molecule has 1 aromatic carbocycles. The molecule has 3 rings (SSSR count). The van der Waals surface area contributed by atoms with Gasteiger partial charge in [-0.15, -0.1) is 12.4 Å². The van der Waals surface area contributed by atoms with Crippen molar-refractivity contribution in [3.8, 4) is 0 Å². The first-order chi connectivity index (χ1) is 12.5. The van der Waals surface area contributed by atoms with Crippen LogP contribution in [-0.2, 0) is 11.3 Å². The van der Waals surface area contributed by atoms with Crippen LogP contribution in [0.5, 0.6) is 0 Å². The van der Waals surface area contributed by atoms with Gasteiger partial charge in [0.25, 0.3) is 5.91 Å². The zero-order chi connectivity index (χ0) is 18.7. The summed E-state index contributed by atoms with van der Waals surface area (Å²) in [7, 11) is 0. The molecule has 0 radical (unpaired) electrons. The molecule has 0 atom stereocenters. The molecule has 146 valence electrons. The molecule has 6 nitrogen and oxygen atoms in total. The third kappa shape index (κ3) is 5.00. The number of benzene rings is 1. The van der Waals surface area contributed by atoms with Gasteiger partial charge in [0.05, 0.1) is 17.1 Å². The highest BCUT2D eigenvalue weighted by molar-refractivity contribution is 6.31. The lowest BCUT2D eigenvalue weighted by Gasteiger charge is -2.31. The van der Waals surface area contributed by atoms with Gasteiger partial charge in [0, 0.05) is 24.7 Å². The number of likely N-dealkylation sites (tertiary alicyclic amines) is 1. The number of anilines is 1. The molecule has 9 heteroatoms. The smallest absolute Gasteiger partial charge is 0.257 e. The molecule has 0 aliphatic carbocycles. The van der Waals surface area contributed by atoms with Gasteiger partial charge >= 0.3 is 0 Å². The lowest BCUT2D eigenvalue weighted by atomic mass is 9.95. The molecule has 1 aliphatic rings. The van der Waals surface area contributed by atoms with Gasteiger partial charge in [0.2, 0.25) is 5.91 Å². The van der Waals surface area contributed by atoms with Crippen LogP contribution < -0.4 is 11.1 Å². The highest BCUT2D eigenvalue weighted by Crippen LogP contribution is 2.23. The Morgan fingerprint density at radius 2 is 2.00 bits per heavy atom. The SMILES string of the molecule is Cl.NCc1cc(C(=O)N2CCC(C(=O)Nc3ccc(F)c(Cl)c3)CC2)co1. The van der Waals surface area contributed by atoms with Gasteiger partial charge in [-0.2, -0.15) is 0 Å². The standard InChI is InChI=1S/C18H19ClFN3O3.ClH/c19-15-8-13(1-2-16(15)20)22-17(24)11-3-5-23(6-4-11)18(25)12-7-14(9-21)26-10-12;/h1-2,7-8,10-11H,3-6,9,21H2,(H,22,24);1H. The van der Waals surface area contributed by atoms with Crippen molar-refractivity contribution >= 4 is 41.5 Å². The highest BCUT2D eigenvalue weighted by Gasteiger charge is 2.28. The fourth-order valence-electron chi connectivity index (χ4n) is 2.95. The van der Waals surface area contributed by atoms with Crippen LogP contribution in [0.3, 0.4) is 0 Å². The Bertz CT molecular complexity index is 820. The average Bonchev–Trinajstić information content (AvgIpc) is 3.13. The number of carbonyl (C=O) groups is 2. The van der Waals surface area contributed by atoms with E-state index in [0.717, 1.165) is 0 Å². The quantitative estimate of drug-likeness (QED) is 0.799. The lowest BCUT2D eigenvalue weighted by molar-refractivity contribution is -0.121. The van der Waals surface area contributed by atoms with Crippen molar-refractivity contribution in [1.82, 2.24) is 4.90 Å². The summed E-state index contributed by atoms with van der Waals surface area (Å²) in [6, 6.07) is 5.69. The van der Waals surface area contributed by atoms with Crippen molar-refractivity contribution in [2.45, 2.75) is 19.4 Å². The average molecular weight is 416 g/mol. The monoisotopic (exact) mass is 415 g/mol. The van der Waals surface area contributed by atoms with Crippen molar-refractivity contribution in [1.29, 1.82) is 0 Å². The molecule has 1 saturated heterocycles. The molecule has 1 aliphatic heterocycles. The summed E-state index contributed by atoms with van der Waals surface area (Å²) < 4.78 is 18.4. The summed E-state index contributed by atoms with van der Waals surface area (Å²) in [5.41, 5.74) is 6.40. The third-order valence-corrected chi connectivity index (χ3v) is 4.73. The van der Waals surface area contributed by atoms with Crippen LogP contribution in [0.4, 0.5) is 10.1 Å². The Hall–Kier alpha value is -2.09. The van der Waals surface area contributed by atoms with Gasteiger partial charge in [-0.25, -0.2) is 4.39 Å². The first-order valence-electron chi connectivity index (χ1n) is 8.30. The summed E-state index contributed by atoms with van der Waals surface area (Å²) in [5.74, 6) is -0.480.